The molecule has 12 heteroatoms. The van der Waals surface area contributed by atoms with Crippen molar-refractivity contribution in [2.24, 2.45) is 34.5 Å². The number of Topliss-reactive ketones (excluding diaryl/α,β-unsaturated/α-hetero) is 1. The number of carbonyl (C=O) groups excluding carboxylic acids is 3. The Hall–Kier alpha value is -0.980. The van der Waals surface area contributed by atoms with Gasteiger partial charge in [-0.05, 0) is 61.2 Å². The fourth-order valence-corrected chi connectivity index (χ4v) is 8.21. The standard InChI is InChI=1S/C25H32F2O8S.Na.H/c1-13-8-15-16-10-18(26)17-9-14(28)4-6-24(17,3)25(16,27)20(30)11-23(15,2)22(13)19(29)12-35-21(31)5-7-36(32,33)34;;/h4,6,9,13,15-16,18,20,22,30H,5,7-8,10-12H2,1-3H3,(H,32,33,34);;/q;+1;-1/t13?,15-,16-,18?,20?,22+,23-,24-,25-;;/m0../s1. The number of carbonyl (C=O) groups is 3. The molecule has 0 saturated heterocycles. The molecule has 0 aliphatic heterocycles. The largest absolute Gasteiger partial charge is 1.00 e. The number of esters is 1. The predicted molar refractivity (Wildman–Crippen MR) is 125 cm³/mol. The zero-order valence-corrected chi connectivity index (χ0v) is 24.3. The van der Waals surface area contributed by atoms with Crippen LogP contribution in [0.5, 0.6) is 0 Å². The molecule has 37 heavy (non-hydrogen) atoms. The summed E-state index contributed by atoms with van der Waals surface area (Å²) in [6, 6.07) is 0. The second-order valence-electron chi connectivity index (χ2n) is 11.3. The van der Waals surface area contributed by atoms with Gasteiger partial charge in [0, 0.05) is 17.3 Å². The number of hydrogen-bond donors (Lipinski definition) is 2. The number of alkyl halides is 2. The van der Waals surface area contributed by atoms with Crippen molar-refractivity contribution in [2.75, 3.05) is 12.4 Å². The van der Waals surface area contributed by atoms with Crippen LogP contribution in [0.1, 0.15) is 47.9 Å². The molecule has 8 nitrogen and oxygen atoms in total. The van der Waals surface area contributed by atoms with Crippen LogP contribution in [0.2, 0.25) is 0 Å². The number of hydrogen-bond acceptors (Lipinski definition) is 7. The van der Waals surface area contributed by atoms with Crippen molar-refractivity contribution in [2.45, 2.75) is 64.4 Å². The molecule has 4 rings (SSSR count). The van der Waals surface area contributed by atoms with Crippen molar-refractivity contribution in [3.63, 3.8) is 0 Å². The van der Waals surface area contributed by atoms with E-state index in [2.05, 4.69) is 0 Å². The number of fused-ring (bicyclic) bond motifs is 5. The minimum absolute atomic E-state index is 0. The SMILES string of the molecule is CC1C[C@H]2[C@@H]3CC(F)C4=CC(=O)C=C[C@]4(C)[C@@]3(F)C(O)C[C@]2(C)[C@H]1C(=O)COC(=O)CCS(=O)(=O)O.[H-].[Na+]. The summed E-state index contributed by atoms with van der Waals surface area (Å²) in [6.45, 7) is 4.50. The van der Waals surface area contributed by atoms with Crippen LogP contribution >= 0.6 is 0 Å². The topological polar surface area (TPSA) is 135 Å². The minimum atomic E-state index is -4.36. The third-order valence-electron chi connectivity index (χ3n) is 9.25. The number of rotatable bonds is 6. The summed E-state index contributed by atoms with van der Waals surface area (Å²) in [6.07, 6.45) is 0.127. The Labute approximate surface area is 238 Å². The first kappa shape index (κ1) is 30.6. The molecular formula is C25H33F2NaO8S. The molecule has 0 aromatic rings. The number of aliphatic hydroxyl groups is 1. The fraction of sp³-hybridized carbons (Fsp3) is 0.720. The molecule has 4 aliphatic rings. The maximum Gasteiger partial charge on any atom is 1.00 e. The van der Waals surface area contributed by atoms with Crippen molar-refractivity contribution < 1.29 is 77.0 Å². The van der Waals surface area contributed by atoms with Crippen molar-refractivity contribution in [1.29, 1.82) is 0 Å². The van der Waals surface area contributed by atoms with E-state index in [1.165, 1.54) is 19.1 Å². The van der Waals surface area contributed by atoms with E-state index in [1.807, 2.05) is 6.92 Å². The molecule has 3 saturated carbocycles. The van der Waals surface area contributed by atoms with E-state index in [4.69, 9.17) is 9.29 Å². The average molecular weight is 555 g/mol. The van der Waals surface area contributed by atoms with Crippen LogP contribution in [0.15, 0.2) is 23.8 Å². The molecule has 0 amide bonds. The van der Waals surface area contributed by atoms with Crippen molar-refractivity contribution in [3.8, 4) is 0 Å². The molecule has 0 bridgehead atoms. The monoisotopic (exact) mass is 554 g/mol. The third kappa shape index (κ3) is 4.93. The number of aliphatic hydroxyl groups excluding tert-OH is 1. The van der Waals surface area contributed by atoms with Gasteiger partial charge >= 0.3 is 35.5 Å². The molecule has 9 atom stereocenters. The van der Waals surface area contributed by atoms with Crippen LogP contribution in [0, 0.1) is 34.5 Å². The first-order chi connectivity index (χ1) is 16.5. The summed E-state index contributed by atoms with van der Waals surface area (Å²) in [5.74, 6) is -4.94. The van der Waals surface area contributed by atoms with Gasteiger partial charge in [0.2, 0.25) is 0 Å². The van der Waals surface area contributed by atoms with E-state index < -0.39 is 93.0 Å². The van der Waals surface area contributed by atoms with Crippen molar-refractivity contribution in [3.05, 3.63) is 23.8 Å². The van der Waals surface area contributed by atoms with Gasteiger partial charge in [-0.3, -0.25) is 18.9 Å². The van der Waals surface area contributed by atoms with Crippen molar-refractivity contribution in [1.82, 2.24) is 0 Å². The minimum Gasteiger partial charge on any atom is -1.00 e. The maximum atomic E-state index is 17.1. The zero-order chi connectivity index (χ0) is 26.8. The van der Waals surface area contributed by atoms with Gasteiger partial charge in [-0.2, -0.15) is 8.42 Å². The molecule has 3 fully saturated rings. The average Bonchev–Trinajstić information content (AvgIpc) is 3.03. The van der Waals surface area contributed by atoms with E-state index in [0.717, 1.165) is 6.08 Å². The second-order valence-corrected chi connectivity index (χ2v) is 12.9. The molecule has 0 aromatic carbocycles. The summed E-state index contributed by atoms with van der Waals surface area (Å²) in [7, 11) is -4.36. The van der Waals surface area contributed by atoms with E-state index in [9.17, 15) is 27.9 Å². The number of allylic oxidation sites excluding steroid dienone is 4. The molecule has 2 N–H and O–H groups in total. The second kappa shape index (κ2) is 10.2. The van der Waals surface area contributed by atoms with Crippen molar-refractivity contribution >= 4 is 27.7 Å². The Morgan fingerprint density at radius 2 is 1.89 bits per heavy atom. The normalized spacial score (nSPS) is 42.6. The van der Waals surface area contributed by atoms with E-state index in [0.29, 0.717) is 6.42 Å². The smallest absolute Gasteiger partial charge is 1.00 e. The van der Waals surface area contributed by atoms with E-state index in [1.54, 1.807) is 6.92 Å². The van der Waals surface area contributed by atoms with Gasteiger partial charge in [-0.1, -0.05) is 19.9 Å². The summed E-state index contributed by atoms with van der Waals surface area (Å²) in [4.78, 5) is 37.0. The van der Waals surface area contributed by atoms with Gasteiger partial charge in [0.1, 0.15) is 12.8 Å². The van der Waals surface area contributed by atoms with Crippen LogP contribution < -0.4 is 29.6 Å². The van der Waals surface area contributed by atoms with Crippen LogP contribution in [0.25, 0.3) is 0 Å². The Morgan fingerprint density at radius 1 is 1.24 bits per heavy atom. The predicted octanol–water partition coefficient (Wildman–Crippen LogP) is -0.326. The van der Waals surface area contributed by atoms with Gasteiger partial charge in [0.15, 0.2) is 17.2 Å². The molecule has 0 aromatic heterocycles. The number of ketones is 2. The first-order valence-corrected chi connectivity index (χ1v) is 13.8. The van der Waals surface area contributed by atoms with Gasteiger partial charge in [-0.15, -0.1) is 0 Å². The van der Waals surface area contributed by atoms with Gasteiger partial charge in [-0.25, -0.2) is 8.78 Å². The summed E-state index contributed by atoms with van der Waals surface area (Å²) in [5, 5.41) is 11.3. The van der Waals surface area contributed by atoms with Gasteiger partial charge in [0.05, 0.1) is 18.3 Å². The first-order valence-electron chi connectivity index (χ1n) is 12.1. The van der Waals surface area contributed by atoms with Gasteiger partial charge in [0.25, 0.3) is 10.1 Å². The van der Waals surface area contributed by atoms with E-state index in [-0.39, 0.29) is 55.3 Å². The third-order valence-corrected chi connectivity index (χ3v) is 9.97. The molecule has 202 valence electrons. The molecule has 3 unspecified atom stereocenters. The molecule has 0 heterocycles. The summed E-state index contributed by atoms with van der Waals surface area (Å²) < 4.78 is 67.9. The Balaban J connectivity index is 0.00000253. The number of ether oxygens (including phenoxy) is 1. The molecule has 0 spiro atoms. The molecule has 4 aliphatic carbocycles. The molecular weight excluding hydrogens is 521 g/mol. The fourth-order valence-electron chi connectivity index (χ4n) is 7.78. The maximum absolute atomic E-state index is 17.1. The summed E-state index contributed by atoms with van der Waals surface area (Å²) >= 11 is 0. The summed E-state index contributed by atoms with van der Waals surface area (Å²) in [5.41, 5.74) is -4.59. The zero-order valence-electron chi connectivity index (χ0n) is 22.4. The van der Waals surface area contributed by atoms with E-state index >= 15 is 8.78 Å². The van der Waals surface area contributed by atoms with Gasteiger partial charge < -0.3 is 11.3 Å². The Morgan fingerprint density at radius 3 is 2.51 bits per heavy atom. The Kier molecular flexibility index (Phi) is 8.43. The molecule has 0 radical (unpaired) electrons. The van der Waals surface area contributed by atoms with Crippen LogP contribution in [-0.2, 0) is 29.2 Å². The quantitative estimate of drug-likeness (QED) is 0.259. The van der Waals surface area contributed by atoms with Crippen LogP contribution in [0.3, 0.4) is 0 Å². The van der Waals surface area contributed by atoms with Crippen LogP contribution in [0.4, 0.5) is 8.78 Å². The Bertz CT molecular complexity index is 1160. The van der Waals surface area contributed by atoms with Crippen LogP contribution in [-0.4, -0.2) is 65.9 Å². The number of halogens is 2.